The second kappa shape index (κ2) is 12.9. The third-order valence-electron chi connectivity index (χ3n) is 5.07. The van der Waals surface area contributed by atoms with Gasteiger partial charge >= 0.3 is 0 Å². The zero-order valence-corrected chi connectivity index (χ0v) is 21.8. The van der Waals surface area contributed by atoms with Crippen molar-refractivity contribution in [2.75, 3.05) is 18.9 Å². The summed E-state index contributed by atoms with van der Waals surface area (Å²) in [6.45, 7) is 3.53. The van der Waals surface area contributed by atoms with Crippen molar-refractivity contribution in [3.05, 3.63) is 87.7 Å². The van der Waals surface area contributed by atoms with Crippen molar-refractivity contribution in [3.8, 4) is 17.2 Å². The number of nitrogens with zero attached hydrogens (tertiary/aromatic N) is 4. The molecule has 4 aromatic rings. The summed E-state index contributed by atoms with van der Waals surface area (Å²) in [5, 5.41) is 16.7. The number of aromatic nitrogens is 4. The molecule has 3 aromatic carbocycles. The van der Waals surface area contributed by atoms with E-state index in [-0.39, 0.29) is 12.2 Å². The molecule has 0 aliphatic carbocycles. The van der Waals surface area contributed by atoms with Gasteiger partial charge in [0.15, 0.2) is 11.5 Å². The molecule has 1 aromatic heterocycles. The normalized spacial score (nSPS) is 11.0. The van der Waals surface area contributed by atoms with Crippen LogP contribution in [0.15, 0.2) is 65.8 Å². The lowest BCUT2D eigenvalue weighted by Crippen LogP contribution is -2.17. The minimum atomic E-state index is -0.437. The molecule has 1 heterocycles. The van der Waals surface area contributed by atoms with Gasteiger partial charge in [-0.2, -0.15) is 4.68 Å². The predicted molar refractivity (Wildman–Crippen MR) is 140 cm³/mol. The molecule has 0 aliphatic rings. The van der Waals surface area contributed by atoms with Gasteiger partial charge in [0.2, 0.25) is 5.16 Å². The number of para-hydroxylation sites is 1. The molecule has 0 aliphatic heterocycles. The number of benzene rings is 3. The van der Waals surface area contributed by atoms with Crippen LogP contribution in [0, 0.1) is 5.82 Å². The van der Waals surface area contributed by atoms with Crippen LogP contribution in [-0.4, -0.2) is 39.1 Å². The van der Waals surface area contributed by atoms with E-state index in [1.54, 1.807) is 34.6 Å². The summed E-state index contributed by atoms with van der Waals surface area (Å²) in [7, 11) is 0. The number of thioether (sulfide) groups is 1. The van der Waals surface area contributed by atoms with Crippen molar-refractivity contribution < 1.29 is 13.9 Å². The van der Waals surface area contributed by atoms with E-state index in [0.29, 0.717) is 34.7 Å². The zero-order valence-electron chi connectivity index (χ0n) is 19.5. The van der Waals surface area contributed by atoms with Crippen LogP contribution in [0.4, 0.5) is 4.39 Å². The fourth-order valence-corrected chi connectivity index (χ4v) is 4.68. The van der Waals surface area contributed by atoms with Gasteiger partial charge in [0.25, 0.3) is 0 Å². The van der Waals surface area contributed by atoms with Crippen molar-refractivity contribution in [1.29, 1.82) is 0 Å². The van der Waals surface area contributed by atoms with Crippen LogP contribution in [0.3, 0.4) is 0 Å². The lowest BCUT2D eigenvalue weighted by molar-refractivity contribution is 0.266. The maximum Gasteiger partial charge on any atom is 0.214 e. The fourth-order valence-electron chi connectivity index (χ4n) is 3.39. The summed E-state index contributed by atoms with van der Waals surface area (Å²) in [6, 6.07) is 17.9. The zero-order chi connectivity index (χ0) is 25.3. The van der Waals surface area contributed by atoms with Gasteiger partial charge in [-0.25, -0.2) is 4.39 Å². The minimum Gasteiger partial charge on any atom is -0.490 e. The second-order valence-corrected chi connectivity index (χ2v) is 9.44. The highest BCUT2D eigenvalue weighted by molar-refractivity contribution is 7.99. The van der Waals surface area contributed by atoms with Gasteiger partial charge in [0.1, 0.15) is 12.4 Å². The lowest BCUT2D eigenvalue weighted by atomic mass is 10.2. The molecule has 1 N–H and O–H groups in total. The third kappa shape index (κ3) is 6.67. The maximum atomic E-state index is 14.1. The van der Waals surface area contributed by atoms with Crippen LogP contribution in [0.1, 0.15) is 18.1 Å². The van der Waals surface area contributed by atoms with Crippen molar-refractivity contribution in [3.63, 3.8) is 0 Å². The smallest absolute Gasteiger partial charge is 0.214 e. The van der Waals surface area contributed by atoms with E-state index in [2.05, 4.69) is 20.8 Å². The SMILES string of the molecule is CCOc1cc(CNCCSc2nnnn2-c2ccccc2)cc(Cl)c1OCc1c(F)cccc1Cl. The molecular weight excluding hydrogens is 524 g/mol. The molecule has 0 bridgehead atoms. The van der Waals surface area contributed by atoms with Crippen LogP contribution in [0.5, 0.6) is 11.5 Å². The number of tetrazole rings is 1. The van der Waals surface area contributed by atoms with Gasteiger partial charge in [-0.1, -0.05) is 59.2 Å². The number of hydrogen-bond acceptors (Lipinski definition) is 7. The Kier molecular flexibility index (Phi) is 9.41. The molecule has 0 unspecified atom stereocenters. The van der Waals surface area contributed by atoms with Crippen LogP contribution >= 0.6 is 35.0 Å². The fraction of sp³-hybridized carbons (Fsp3) is 0.240. The molecule has 0 radical (unpaired) electrons. The largest absolute Gasteiger partial charge is 0.490 e. The molecule has 188 valence electrons. The lowest BCUT2D eigenvalue weighted by Gasteiger charge is -2.16. The molecule has 0 atom stereocenters. The summed E-state index contributed by atoms with van der Waals surface area (Å²) in [6.07, 6.45) is 0. The summed E-state index contributed by atoms with van der Waals surface area (Å²) < 4.78 is 27.4. The molecule has 0 saturated carbocycles. The molecular formula is C25H24Cl2FN5O2S. The number of nitrogens with one attached hydrogen (secondary N) is 1. The van der Waals surface area contributed by atoms with E-state index in [1.807, 2.05) is 43.3 Å². The summed E-state index contributed by atoms with van der Waals surface area (Å²) >= 11 is 14.2. The Morgan fingerprint density at radius 3 is 2.64 bits per heavy atom. The molecule has 11 heteroatoms. The first-order chi connectivity index (χ1) is 17.6. The molecule has 0 spiro atoms. The van der Waals surface area contributed by atoms with Crippen LogP contribution in [0.25, 0.3) is 5.69 Å². The van der Waals surface area contributed by atoms with Gasteiger partial charge in [0, 0.05) is 24.4 Å². The highest BCUT2D eigenvalue weighted by Gasteiger charge is 2.15. The van der Waals surface area contributed by atoms with Gasteiger partial charge in [0.05, 0.1) is 22.3 Å². The van der Waals surface area contributed by atoms with E-state index in [4.69, 9.17) is 32.7 Å². The van der Waals surface area contributed by atoms with Crippen molar-refractivity contribution in [2.45, 2.75) is 25.2 Å². The van der Waals surface area contributed by atoms with E-state index in [9.17, 15) is 4.39 Å². The van der Waals surface area contributed by atoms with E-state index in [1.165, 1.54) is 6.07 Å². The molecule has 7 nitrogen and oxygen atoms in total. The average Bonchev–Trinajstić information content (AvgIpc) is 3.34. The van der Waals surface area contributed by atoms with Crippen molar-refractivity contribution in [1.82, 2.24) is 25.5 Å². The molecule has 4 rings (SSSR count). The maximum absolute atomic E-state index is 14.1. The Bertz CT molecular complexity index is 1270. The first kappa shape index (κ1) is 26.2. The standard InChI is InChI=1S/C25H24Cl2FN5O2S/c1-2-34-23-14-17(13-21(27)24(23)35-16-19-20(26)9-6-10-22(19)28)15-29-11-12-36-25-30-31-32-33(25)18-7-4-3-5-8-18/h3-10,13-14,29H,2,11-12,15-16H2,1H3. The topological polar surface area (TPSA) is 74.1 Å². The Balaban J connectivity index is 1.33. The monoisotopic (exact) mass is 547 g/mol. The highest BCUT2D eigenvalue weighted by atomic mass is 35.5. The molecule has 0 amide bonds. The first-order valence-corrected chi connectivity index (χ1v) is 13.0. The second-order valence-electron chi connectivity index (χ2n) is 7.56. The summed E-state index contributed by atoms with van der Waals surface area (Å²) in [5.74, 6) is 1.17. The number of halogens is 3. The van der Waals surface area contributed by atoms with Gasteiger partial charge in [-0.05, 0) is 59.3 Å². The average molecular weight is 548 g/mol. The van der Waals surface area contributed by atoms with Gasteiger partial charge < -0.3 is 14.8 Å². The highest BCUT2D eigenvalue weighted by Crippen LogP contribution is 2.38. The van der Waals surface area contributed by atoms with Gasteiger partial charge in [-0.15, -0.1) is 5.10 Å². The van der Waals surface area contributed by atoms with Crippen molar-refractivity contribution in [2.24, 2.45) is 0 Å². The van der Waals surface area contributed by atoms with Crippen LogP contribution in [0.2, 0.25) is 10.0 Å². The number of hydrogen-bond donors (Lipinski definition) is 1. The van der Waals surface area contributed by atoms with Crippen LogP contribution < -0.4 is 14.8 Å². The summed E-state index contributed by atoms with van der Waals surface area (Å²) in [4.78, 5) is 0. The van der Waals surface area contributed by atoms with Gasteiger partial charge in [-0.3, -0.25) is 0 Å². The third-order valence-corrected chi connectivity index (χ3v) is 6.63. The number of ether oxygens (including phenoxy) is 2. The quantitative estimate of drug-likeness (QED) is 0.173. The Morgan fingerprint density at radius 1 is 1.03 bits per heavy atom. The predicted octanol–water partition coefficient (Wildman–Crippen LogP) is 5.97. The van der Waals surface area contributed by atoms with Crippen LogP contribution in [-0.2, 0) is 13.2 Å². The van der Waals surface area contributed by atoms with E-state index < -0.39 is 5.82 Å². The Labute approximate surface area is 222 Å². The Hall–Kier alpha value is -2.85. The molecule has 0 fully saturated rings. The number of rotatable bonds is 12. The molecule has 0 saturated heterocycles. The molecule has 36 heavy (non-hydrogen) atoms. The summed E-state index contributed by atoms with van der Waals surface area (Å²) in [5.41, 5.74) is 2.11. The Morgan fingerprint density at radius 2 is 1.86 bits per heavy atom. The van der Waals surface area contributed by atoms with Crippen molar-refractivity contribution >= 4 is 35.0 Å². The minimum absolute atomic E-state index is 0.0669. The first-order valence-electron chi connectivity index (χ1n) is 11.2. The van der Waals surface area contributed by atoms with E-state index >= 15 is 0 Å². The van der Waals surface area contributed by atoms with E-state index in [0.717, 1.165) is 28.7 Å².